The van der Waals surface area contributed by atoms with Crippen LogP contribution < -0.4 is 0 Å². The number of alkyl halides is 3. The molecule has 0 atom stereocenters. The van der Waals surface area contributed by atoms with E-state index in [1.54, 1.807) is 0 Å². The van der Waals surface area contributed by atoms with Crippen LogP contribution in [0.2, 0.25) is 0 Å². The maximum absolute atomic E-state index is 11.7. The molecule has 0 aromatic heterocycles. The van der Waals surface area contributed by atoms with Gasteiger partial charge in [0, 0.05) is 26.2 Å². The summed E-state index contributed by atoms with van der Waals surface area (Å²) in [6, 6.07) is 0. The van der Waals surface area contributed by atoms with Crippen molar-refractivity contribution in [2.45, 2.75) is 6.36 Å². The molecule has 1 heterocycles. The quantitative estimate of drug-likeness (QED) is 0.597. The van der Waals surface area contributed by atoms with Crippen molar-refractivity contribution in [3.05, 3.63) is 0 Å². The summed E-state index contributed by atoms with van der Waals surface area (Å²) in [6.45, 7) is 1.66. The predicted molar refractivity (Wildman–Crippen MR) is 41.6 cm³/mol. The molecule has 0 saturated carbocycles. The Kier molecular flexibility index (Phi) is 3.20. The third kappa shape index (κ3) is 3.41. The highest BCUT2D eigenvalue weighted by molar-refractivity contribution is 5.67. The van der Waals surface area contributed by atoms with Gasteiger partial charge >= 0.3 is 12.5 Å². The van der Waals surface area contributed by atoms with Crippen LogP contribution in [0.3, 0.4) is 0 Å². The van der Waals surface area contributed by atoms with Crippen LogP contribution in [0.1, 0.15) is 0 Å². The summed E-state index contributed by atoms with van der Waals surface area (Å²) in [5.74, 6) is 0. The zero-order chi connectivity index (χ0) is 10.8. The Labute approximate surface area is 79.2 Å². The molecule has 7 heteroatoms. The smallest absolute Gasteiger partial charge is 0.356 e. The number of carbonyl (C=O) groups excluding carboxylic acids is 1. The third-order valence-corrected chi connectivity index (χ3v) is 1.96. The standard InChI is InChI=1S/C7H11F3N2O2/c1-11-2-4-12(5-3-11)6(13)14-7(8,9)10/h2-5H2,1H3. The van der Waals surface area contributed by atoms with Crippen molar-refractivity contribution < 1.29 is 22.7 Å². The van der Waals surface area contributed by atoms with Gasteiger partial charge in [0.1, 0.15) is 0 Å². The molecule has 0 aromatic carbocycles. The van der Waals surface area contributed by atoms with E-state index in [9.17, 15) is 18.0 Å². The molecule has 82 valence electrons. The third-order valence-electron chi connectivity index (χ3n) is 1.96. The normalized spacial score (nSPS) is 19.6. The van der Waals surface area contributed by atoms with Crippen LogP contribution in [0.4, 0.5) is 18.0 Å². The number of carbonyl (C=O) groups is 1. The van der Waals surface area contributed by atoms with Crippen LogP contribution in [0.25, 0.3) is 0 Å². The highest BCUT2D eigenvalue weighted by Gasteiger charge is 2.36. The topological polar surface area (TPSA) is 32.8 Å². The van der Waals surface area contributed by atoms with Crippen molar-refractivity contribution >= 4 is 6.09 Å². The number of piperazine rings is 1. The van der Waals surface area contributed by atoms with Gasteiger partial charge in [-0.2, -0.15) is 0 Å². The van der Waals surface area contributed by atoms with E-state index in [0.717, 1.165) is 4.90 Å². The van der Waals surface area contributed by atoms with Gasteiger partial charge in [-0.05, 0) is 7.05 Å². The van der Waals surface area contributed by atoms with E-state index in [1.807, 2.05) is 11.9 Å². The summed E-state index contributed by atoms with van der Waals surface area (Å²) < 4.78 is 38.3. The number of rotatable bonds is 0. The summed E-state index contributed by atoms with van der Waals surface area (Å²) >= 11 is 0. The fourth-order valence-corrected chi connectivity index (χ4v) is 1.15. The number of likely N-dealkylation sites (N-methyl/N-ethyl adjacent to an activating group) is 1. The second-order valence-corrected chi connectivity index (χ2v) is 3.10. The maximum atomic E-state index is 11.7. The molecule has 1 rings (SSSR count). The Morgan fingerprint density at radius 2 is 1.71 bits per heavy atom. The first-order chi connectivity index (χ1) is 6.38. The molecule has 1 amide bonds. The van der Waals surface area contributed by atoms with Crippen molar-refractivity contribution in [3.8, 4) is 0 Å². The van der Waals surface area contributed by atoms with E-state index in [0.29, 0.717) is 13.1 Å². The summed E-state index contributed by atoms with van der Waals surface area (Å²) in [6.07, 6.45) is -6.20. The summed E-state index contributed by atoms with van der Waals surface area (Å²) in [7, 11) is 1.84. The van der Waals surface area contributed by atoms with Crippen LogP contribution in [-0.4, -0.2) is 55.5 Å². The highest BCUT2D eigenvalue weighted by Crippen LogP contribution is 2.18. The minimum atomic E-state index is -4.89. The van der Waals surface area contributed by atoms with Crippen LogP contribution in [0.15, 0.2) is 0 Å². The maximum Gasteiger partial charge on any atom is 0.576 e. The average molecular weight is 212 g/mol. The van der Waals surface area contributed by atoms with Gasteiger partial charge in [0.05, 0.1) is 0 Å². The molecule has 1 aliphatic heterocycles. The van der Waals surface area contributed by atoms with Crippen LogP contribution >= 0.6 is 0 Å². The molecular formula is C7H11F3N2O2. The van der Waals surface area contributed by atoms with E-state index in [1.165, 1.54) is 0 Å². The summed E-state index contributed by atoms with van der Waals surface area (Å²) in [4.78, 5) is 13.9. The molecular weight excluding hydrogens is 201 g/mol. The van der Waals surface area contributed by atoms with Crippen molar-refractivity contribution in [3.63, 3.8) is 0 Å². The molecule has 1 saturated heterocycles. The van der Waals surface area contributed by atoms with Gasteiger partial charge in [0.15, 0.2) is 0 Å². The lowest BCUT2D eigenvalue weighted by Crippen LogP contribution is -2.48. The minimum Gasteiger partial charge on any atom is -0.356 e. The van der Waals surface area contributed by atoms with Gasteiger partial charge in [-0.1, -0.05) is 0 Å². The lowest BCUT2D eigenvalue weighted by atomic mass is 10.3. The Balaban J connectivity index is 2.38. The van der Waals surface area contributed by atoms with Crippen molar-refractivity contribution in [2.24, 2.45) is 0 Å². The number of hydrogen-bond donors (Lipinski definition) is 0. The largest absolute Gasteiger partial charge is 0.576 e. The SMILES string of the molecule is CN1CCN(C(=O)OC(F)(F)F)CC1. The molecule has 0 spiro atoms. The van der Waals surface area contributed by atoms with Crippen molar-refractivity contribution in [2.75, 3.05) is 33.2 Å². The van der Waals surface area contributed by atoms with Gasteiger partial charge in [-0.15, -0.1) is 13.2 Å². The van der Waals surface area contributed by atoms with E-state index < -0.39 is 12.5 Å². The Morgan fingerprint density at radius 3 is 2.14 bits per heavy atom. The Hall–Kier alpha value is -0.980. The predicted octanol–water partition coefficient (Wildman–Crippen LogP) is 0.890. The fourth-order valence-electron chi connectivity index (χ4n) is 1.15. The van der Waals surface area contributed by atoms with Crippen LogP contribution in [0.5, 0.6) is 0 Å². The second kappa shape index (κ2) is 4.04. The lowest BCUT2D eigenvalue weighted by Gasteiger charge is -2.31. The van der Waals surface area contributed by atoms with Crippen molar-refractivity contribution in [1.82, 2.24) is 9.80 Å². The van der Waals surface area contributed by atoms with Gasteiger partial charge in [-0.25, -0.2) is 4.79 Å². The Bertz CT molecular complexity index is 211. The van der Waals surface area contributed by atoms with E-state index in [-0.39, 0.29) is 13.1 Å². The van der Waals surface area contributed by atoms with Gasteiger partial charge in [0.25, 0.3) is 0 Å². The highest BCUT2D eigenvalue weighted by atomic mass is 19.4. The molecule has 0 radical (unpaired) electrons. The molecule has 0 bridgehead atoms. The second-order valence-electron chi connectivity index (χ2n) is 3.10. The molecule has 0 aliphatic carbocycles. The van der Waals surface area contributed by atoms with Gasteiger partial charge in [-0.3, -0.25) is 0 Å². The van der Waals surface area contributed by atoms with E-state index >= 15 is 0 Å². The molecule has 1 fully saturated rings. The van der Waals surface area contributed by atoms with Crippen LogP contribution in [0, 0.1) is 0 Å². The van der Waals surface area contributed by atoms with Gasteiger partial charge in [0.2, 0.25) is 0 Å². The first kappa shape index (κ1) is 11.1. The molecule has 0 N–H and O–H groups in total. The monoisotopic (exact) mass is 212 g/mol. The van der Waals surface area contributed by atoms with Crippen LogP contribution in [-0.2, 0) is 4.74 Å². The summed E-state index contributed by atoms with van der Waals surface area (Å²) in [5, 5.41) is 0. The lowest BCUT2D eigenvalue weighted by molar-refractivity contribution is -0.295. The summed E-state index contributed by atoms with van der Waals surface area (Å²) in [5.41, 5.74) is 0. The first-order valence-corrected chi connectivity index (χ1v) is 4.12. The zero-order valence-electron chi connectivity index (χ0n) is 7.67. The number of halogens is 3. The zero-order valence-corrected chi connectivity index (χ0v) is 7.67. The number of amides is 1. The first-order valence-electron chi connectivity index (χ1n) is 4.12. The number of nitrogens with zero attached hydrogens (tertiary/aromatic N) is 2. The molecule has 4 nitrogen and oxygen atoms in total. The molecule has 0 unspecified atom stereocenters. The Morgan fingerprint density at radius 1 is 1.21 bits per heavy atom. The number of ether oxygens (including phenoxy) is 1. The number of hydrogen-bond acceptors (Lipinski definition) is 3. The van der Waals surface area contributed by atoms with Crippen molar-refractivity contribution in [1.29, 1.82) is 0 Å². The van der Waals surface area contributed by atoms with E-state index in [2.05, 4.69) is 4.74 Å². The van der Waals surface area contributed by atoms with Gasteiger partial charge < -0.3 is 14.5 Å². The average Bonchev–Trinajstić information content (AvgIpc) is 2.02. The molecule has 0 aromatic rings. The van der Waals surface area contributed by atoms with E-state index in [4.69, 9.17) is 0 Å². The molecule has 1 aliphatic rings. The fraction of sp³-hybridized carbons (Fsp3) is 0.857. The minimum absolute atomic E-state index is 0.269. The molecule has 14 heavy (non-hydrogen) atoms.